The molecule has 1 aliphatic rings. The summed E-state index contributed by atoms with van der Waals surface area (Å²) in [7, 11) is 4.14. The minimum Gasteiger partial charge on any atom is -0.521 e. The number of para-hydroxylation sites is 4. The van der Waals surface area contributed by atoms with Gasteiger partial charge in [0, 0.05) is 118 Å². The molecule has 0 saturated heterocycles. The molecule has 0 N–H and O–H groups in total. The predicted octanol–water partition coefficient (Wildman–Crippen LogP) is 7.55. The molecule has 0 unspecified atom stereocenters. The van der Waals surface area contributed by atoms with Gasteiger partial charge in [-0.15, -0.1) is 47.5 Å². The Morgan fingerprint density at radius 2 is 1.12 bits per heavy atom. The van der Waals surface area contributed by atoms with Crippen molar-refractivity contribution in [2.75, 3.05) is 13.1 Å². The van der Waals surface area contributed by atoms with Crippen molar-refractivity contribution in [2.24, 2.45) is 19.1 Å². The van der Waals surface area contributed by atoms with Gasteiger partial charge < -0.3 is 41.4 Å². The van der Waals surface area contributed by atoms with Gasteiger partial charge in [-0.3, -0.25) is 18.2 Å². The molecule has 3 aromatic heterocycles. The van der Waals surface area contributed by atoms with Crippen LogP contribution in [0.5, 0.6) is 0 Å². The van der Waals surface area contributed by atoms with Crippen molar-refractivity contribution in [3.63, 3.8) is 0 Å². The molecule has 6 nitrogen and oxygen atoms in total. The van der Waals surface area contributed by atoms with Crippen LogP contribution in [0.2, 0.25) is 0 Å². The maximum Gasteiger partial charge on any atom is 0.0488 e. The molecule has 8 heteroatoms. The molecule has 0 aliphatic carbocycles. The van der Waals surface area contributed by atoms with Crippen LogP contribution < -0.4 is 0 Å². The summed E-state index contributed by atoms with van der Waals surface area (Å²) >= 11 is 0. The van der Waals surface area contributed by atoms with Crippen molar-refractivity contribution in [1.82, 2.24) is 23.6 Å². The van der Waals surface area contributed by atoms with Crippen LogP contribution in [0.3, 0.4) is 0 Å². The summed E-state index contributed by atoms with van der Waals surface area (Å²) in [4.78, 5) is 10.3. The fourth-order valence-corrected chi connectivity index (χ4v) is 6.20. The van der Waals surface area contributed by atoms with Gasteiger partial charge in [-0.25, -0.2) is 0 Å². The van der Waals surface area contributed by atoms with Crippen LogP contribution in [0.4, 0.5) is 0 Å². The molecular weight excluding hydrogens is 970 g/mol. The van der Waals surface area contributed by atoms with Crippen LogP contribution >= 0.6 is 0 Å². The third kappa shape index (κ3) is 7.04. The average molecular weight is 1000 g/mol. The molecule has 0 atom stereocenters. The van der Waals surface area contributed by atoms with Crippen LogP contribution in [-0.4, -0.2) is 43.0 Å². The maximum absolute atomic E-state index is 7.18. The topological polar surface area (TPSA) is 43.3 Å². The maximum atomic E-state index is 7.18. The van der Waals surface area contributed by atoms with Crippen molar-refractivity contribution in [2.45, 2.75) is 6.67 Å². The van der Waals surface area contributed by atoms with Gasteiger partial charge >= 0.3 is 0 Å². The quantitative estimate of drug-likeness (QED) is 0.102. The van der Waals surface area contributed by atoms with Gasteiger partial charge in [-0.2, -0.15) is 0 Å². The fourth-order valence-electron chi connectivity index (χ4n) is 6.20. The van der Waals surface area contributed by atoms with Crippen molar-refractivity contribution in [1.29, 1.82) is 0 Å². The molecule has 5 aromatic carbocycles. The Labute approximate surface area is 317 Å². The van der Waals surface area contributed by atoms with E-state index in [9.17, 15) is 0 Å². The zero-order valence-electron chi connectivity index (χ0n) is 26.8. The van der Waals surface area contributed by atoms with Gasteiger partial charge in [0.25, 0.3) is 0 Å². The van der Waals surface area contributed by atoms with E-state index in [0.717, 1.165) is 41.9 Å². The molecule has 2 radical (unpaired) electrons. The van der Waals surface area contributed by atoms with E-state index < -0.39 is 0 Å². The molecule has 4 heterocycles. The molecule has 0 fully saturated rings. The smallest absolute Gasteiger partial charge is 0.0488 e. The van der Waals surface area contributed by atoms with E-state index in [-0.39, 0.29) is 44.8 Å². The van der Waals surface area contributed by atoms with E-state index >= 15 is 0 Å². The van der Waals surface area contributed by atoms with Crippen LogP contribution in [-0.2, 0) is 65.5 Å². The van der Waals surface area contributed by atoms with Crippen molar-refractivity contribution in [3.8, 4) is 11.8 Å². The largest absolute Gasteiger partial charge is 0.521 e. The summed E-state index contributed by atoms with van der Waals surface area (Å²) in [5, 5.41) is 4.85. The van der Waals surface area contributed by atoms with Crippen molar-refractivity contribution < 1.29 is 44.8 Å². The second-order valence-corrected chi connectivity index (χ2v) is 11.4. The number of fused-ring (bicyclic) bond motifs is 7. The first-order chi connectivity index (χ1) is 23.1. The van der Waals surface area contributed by atoms with E-state index in [1.165, 1.54) is 43.6 Å². The summed E-state index contributed by atoms with van der Waals surface area (Å²) in [5.74, 6) is 4.87. The summed E-state index contributed by atoms with van der Waals surface area (Å²) in [6.45, 7) is 2.50. The number of hydrogen-bond acceptors (Lipinski definition) is 3. The molecule has 0 spiro atoms. The van der Waals surface area contributed by atoms with E-state index in [1.807, 2.05) is 94.4 Å². The SMILES string of the molecule is [Au].[Au].[C-]#Cc1ccc2c(c1)c1ccccc1n2C.[C-]#Cc1ccc2c(c1)c1ccccc1n2C.[C-]1=NCCN1Cn1[c-]nc2ccccc21. The molecule has 9 rings (SSSR count). The zero-order valence-corrected chi connectivity index (χ0v) is 31.1. The summed E-state index contributed by atoms with van der Waals surface area (Å²) in [6, 6.07) is 36.7. The number of hydrogen-bond donors (Lipinski definition) is 0. The van der Waals surface area contributed by atoms with E-state index in [0.29, 0.717) is 0 Å². The van der Waals surface area contributed by atoms with Crippen LogP contribution in [0.15, 0.2) is 114 Å². The third-order valence-electron chi connectivity index (χ3n) is 8.59. The third-order valence-corrected chi connectivity index (χ3v) is 8.59. The van der Waals surface area contributed by atoms with Gasteiger partial charge in [-0.1, -0.05) is 71.7 Å². The number of aromatic nitrogens is 4. The molecule has 250 valence electrons. The first-order valence-electron chi connectivity index (χ1n) is 15.4. The first-order valence-corrected chi connectivity index (χ1v) is 15.4. The monoisotopic (exact) mass is 1000 g/mol. The van der Waals surface area contributed by atoms with Crippen LogP contribution in [0.25, 0.3) is 54.6 Å². The molecule has 8 aromatic rings. The summed E-state index contributed by atoms with van der Waals surface area (Å²) in [5.41, 5.74) is 8.56. The Morgan fingerprint density at radius 1 is 0.633 bits per heavy atom. The summed E-state index contributed by atoms with van der Waals surface area (Å²) in [6.07, 6.45) is 20.3. The number of rotatable bonds is 2. The number of benzene rings is 5. The number of imidazole rings is 1. The fraction of sp³-hybridized carbons (Fsp3) is 0.122. The molecule has 49 heavy (non-hydrogen) atoms. The van der Waals surface area contributed by atoms with Crippen LogP contribution in [0, 0.1) is 31.0 Å². The second kappa shape index (κ2) is 15.6. The Morgan fingerprint density at radius 3 is 1.63 bits per heavy atom. The Balaban J connectivity index is 0.000000141. The molecule has 1 aliphatic heterocycles. The summed E-state index contributed by atoms with van der Waals surface area (Å²) < 4.78 is 6.35. The van der Waals surface area contributed by atoms with Crippen molar-refractivity contribution in [3.05, 3.63) is 139 Å². The van der Waals surface area contributed by atoms with Crippen LogP contribution in [0.1, 0.15) is 11.1 Å². The van der Waals surface area contributed by atoms with E-state index in [1.54, 1.807) is 0 Å². The number of nitrogens with zero attached hydrogens (tertiary/aromatic N) is 6. The zero-order chi connectivity index (χ0) is 32.3. The normalized spacial score (nSPS) is 11.7. The molecule has 0 saturated carbocycles. The minimum absolute atomic E-state index is 0. The van der Waals surface area contributed by atoms with Gasteiger partial charge in [0.2, 0.25) is 0 Å². The predicted molar refractivity (Wildman–Crippen MR) is 191 cm³/mol. The number of aliphatic imine (C=N–C) groups is 1. The Hall–Kier alpha value is -4.76. The van der Waals surface area contributed by atoms with Gasteiger partial charge in [0.1, 0.15) is 0 Å². The molecule has 0 amide bonds. The average Bonchev–Trinajstić information content (AvgIpc) is 3.92. The molecular formula is C41H30Au2N6-4. The number of aryl methyl sites for hydroxylation is 2. The van der Waals surface area contributed by atoms with E-state index in [4.69, 9.17) is 12.8 Å². The van der Waals surface area contributed by atoms with E-state index in [2.05, 4.69) is 82.0 Å². The Kier molecular flexibility index (Phi) is 11.3. The molecule has 0 bridgehead atoms. The Bertz CT molecular complexity index is 2390. The van der Waals surface area contributed by atoms with Gasteiger partial charge in [0.05, 0.1) is 0 Å². The van der Waals surface area contributed by atoms with Gasteiger partial charge in [0.15, 0.2) is 0 Å². The first kappa shape index (κ1) is 35.5. The second-order valence-electron chi connectivity index (χ2n) is 11.4. The van der Waals surface area contributed by atoms with Gasteiger partial charge in [-0.05, 0) is 22.9 Å². The minimum atomic E-state index is 0. The standard InChI is InChI=1S/2C15H10N.C11H10N4.2Au/c2*1-3-11-8-9-15-13(10-11)12-6-4-5-7-14(12)16(15)2;1-2-4-11-10(3-1)13-8-15(11)9-14-6-5-12-7-14;;/h2*4-10H,2H3;1-4H,5-6,9H2;;/q2*-1;-2;;. The van der Waals surface area contributed by atoms with Crippen molar-refractivity contribution >= 4 is 61.0 Å².